The molecule has 0 radical (unpaired) electrons. The molecule has 0 saturated carbocycles. The minimum Gasteiger partial charge on any atom is -0.258 e. The van der Waals surface area contributed by atoms with Crippen LogP contribution in [0.4, 0.5) is 0 Å². The second-order valence-corrected chi connectivity index (χ2v) is 6.51. The fourth-order valence-corrected chi connectivity index (χ4v) is 3.49. The van der Waals surface area contributed by atoms with Crippen molar-refractivity contribution in [2.45, 2.75) is 24.3 Å². The van der Waals surface area contributed by atoms with Gasteiger partial charge in [-0.25, -0.2) is 0 Å². The normalized spacial score (nSPS) is 15.9. The van der Waals surface area contributed by atoms with E-state index in [1.54, 1.807) is 0 Å². The zero-order chi connectivity index (χ0) is 13.0. The summed E-state index contributed by atoms with van der Waals surface area (Å²) in [6.45, 7) is 4.07. The molecule has 0 aliphatic rings. The van der Waals surface area contributed by atoms with E-state index < -0.39 is 10.8 Å². The number of benzene rings is 2. The van der Waals surface area contributed by atoms with E-state index in [1.807, 2.05) is 74.5 Å². The van der Waals surface area contributed by atoms with Crippen molar-refractivity contribution in [3.8, 4) is 0 Å². The molecule has 0 heterocycles. The lowest BCUT2D eigenvalue weighted by Crippen LogP contribution is -2.09. The molecule has 0 spiro atoms. The number of hydrogen-bond acceptors (Lipinski definition) is 1. The fraction of sp³-hybridized carbons (Fsp3) is 0.250. The van der Waals surface area contributed by atoms with E-state index in [4.69, 9.17) is 0 Å². The summed E-state index contributed by atoms with van der Waals surface area (Å²) in [6.07, 6.45) is 0. The molecule has 0 amide bonds. The van der Waals surface area contributed by atoms with Gasteiger partial charge in [0.05, 0.1) is 10.5 Å². The molecule has 1 nitrogen and oxygen atoms in total. The van der Waals surface area contributed by atoms with Crippen LogP contribution < -0.4 is 0 Å². The van der Waals surface area contributed by atoms with Crippen LogP contribution in [0.25, 0.3) is 0 Å². The third-order valence-corrected chi connectivity index (χ3v) is 5.17. The molecule has 0 N–H and O–H groups in total. The van der Waals surface area contributed by atoms with Gasteiger partial charge in [-0.1, -0.05) is 60.7 Å². The highest BCUT2D eigenvalue weighted by molar-refractivity contribution is 7.85. The highest BCUT2D eigenvalue weighted by Crippen LogP contribution is 2.29. The Bertz CT molecular complexity index is 460. The zero-order valence-corrected chi connectivity index (χ0v) is 11.6. The maximum atomic E-state index is 12.6. The van der Waals surface area contributed by atoms with E-state index in [9.17, 15) is 4.21 Å². The summed E-state index contributed by atoms with van der Waals surface area (Å²) >= 11 is 0. The van der Waals surface area contributed by atoms with E-state index >= 15 is 0 Å². The topological polar surface area (TPSA) is 17.1 Å². The lowest BCUT2D eigenvalue weighted by Gasteiger charge is -2.18. The molecule has 2 aromatic carbocycles. The van der Waals surface area contributed by atoms with Gasteiger partial charge in [-0.3, -0.25) is 4.21 Å². The van der Waals surface area contributed by atoms with Crippen LogP contribution in [0.5, 0.6) is 0 Å². The molecule has 0 fully saturated rings. The first-order chi connectivity index (χ1) is 8.70. The Morgan fingerprint density at radius 3 is 1.39 bits per heavy atom. The van der Waals surface area contributed by atoms with Crippen LogP contribution in [0.2, 0.25) is 0 Å². The standard InChI is InChI=1S/C16H18OS/c1-13(15-9-5-3-6-10-15)18(17)14(2)16-11-7-4-8-12-16/h3-14H,1-2H3. The van der Waals surface area contributed by atoms with Gasteiger partial charge in [0.15, 0.2) is 0 Å². The largest absolute Gasteiger partial charge is 0.258 e. The Morgan fingerprint density at radius 2 is 1.06 bits per heavy atom. The monoisotopic (exact) mass is 258 g/mol. The highest BCUT2D eigenvalue weighted by Gasteiger charge is 2.20. The van der Waals surface area contributed by atoms with Crippen LogP contribution >= 0.6 is 0 Å². The molecule has 0 saturated heterocycles. The Kier molecular flexibility index (Phi) is 4.32. The molecule has 2 atom stereocenters. The van der Waals surface area contributed by atoms with Crippen LogP contribution in [0, 0.1) is 0 Å². The Balaban J connectivity index is 2.17. The minimum atomic E-state index is -0.911. The summed E-state index contributed by atoms with van der Waals surface area (Å²) in [5.74, 6) is 0. The first-order valence-electron chi connectivity index (χ1n) is 6.19. The van der Waals surface area contributed by atoms with Gasteiger partial charge in [0.25, 0.3) is 0 Å². The van der Waals surface area contributed by atoms with Crippen molar-refractivity contribution in [1.82, 2.24) is 0 Å². The maximum Gasteiger partial charge on any atom is 0.0575 e. The summed E-state index contributed by atoms with van der Waals surface area (Å²) in [7, 11) is -0.911. The van der Waals surface area contributed by atoms with Gasteiger partial charge < -0.3 is 0 Å². The van der Waals surface area contributed by atoms with Gasteiger partial charge in [-0.15, -0.1) is 0 Å². The predicted molar refractivity (Wildman–Crippen MR) is 77.9 cm³/mol. The van der Waals surface area contributed by atoms with Crippen molar-refractivity contribution in [2.24, 2.45) is 0 Å². The first-order valence-corrected chi connectivity index (χ1v) is 7.47. The van der Waals surface area contributed by atoms with Gasteiger partial charge in [0, 0.05) is 10.8 Å². The van der Waals surface area contributed by atoms with Crippen LogP contribution in [-0.4, -0.2) is 4.21 Å². The van der Waals surface area contributed by atoms with Gasteiger partial charge >= 0.3 is 0 Å². The van der Waals surface area contributed by atoms with Gasteiger partial charge in [0.1, 0.15) is 0 Å². The molecule has 0 bridgehead atoms. The van der Waals surface area contributed by atoms with E-state index in [-0.39, 0.29) is 10.5 Å². The molecule has 0 aliphatic carbocycles. The summed E-state index contributed by atoms with van der Waals surface area (Å²) in [6, 6.07) is 20.1. The summed E-state index contributed by atoms with van der Waals surface area (Å²) in [5, 5.41) is 0.114. The molecular formula is C16H18OS. The van der Waals surface area contributed by atoms with Crippen molar-refractivity contribution in [3.05, 3.63) is 71.8 Å². The lowest BCUT2D eigenvalue weighted by atomic mass is 10.2. The van der Waals surface area contributed by atoms with Crippen molar-refractivity contribution < 1.29 is 4.21 Å². The molecule has 0 aliphatic heterocycles. The van der Waals surface area contributed by atoms with E-state index in [0.717, 1.165) is 11.1 Å². The molecule has 18 heavy (non-hydrogen) atoms. The average Bonchev–Trinajstić information content (AvgIpc) is 2.47. The Labute approximate surface area is 111 Å². The second-order valence-electron chi connectivity index (χ2n) is 4.43. The van der Waals surface area contributed by atoms with Crippen molar-refractivity contribution in [2.75, 3.05) is 0 Å². The summed E-state index contributed by atoms with van der Waals surface area (Å²) in [5.41, 5.74) is 2.28. The Hall–Kier alpha value is -1.41. The molecule has 2 aromatic rings. The van der Waals surface area contributed by atoms with Gasteiger partial charge in [0.2, 0.25) is 0 Å². The van der Waals surface area contributed by atoms with E-state index in [0.29, 0.717) is 0 Å². The number of hydrogen-bond donors (Lipinski definition) is 0. The average molecular weight is 258 g/mol. The predicted octanol–water partition coefficient (Wildman–Crippen LogP) is 4.26. The van der Waals surface area contributed by atoms with Crippen LogP contribution in [0.1, 0.15) is 35.5 Å². The molecule has 0 aromatic heterocycles. The highest BCUT2D eigenvalue weighted by atomic mass is 32.2. The third-order valence-electron chi connectivity index (χ3n) is 3.23. The van der Waals surface area contributed by atoms with E-state index in [2.05, 4.69) is 0 Å². The molecule has 2 unspecified atom stereocenters. The zero-order valence-electron chi connectivity index (χ0n) is 10.7. The van der Waals surface area contributed by atoms with Crippen molar-refractivity contribution >= 4 is 10.8 Å². The number of rotatable bonds is 4. The van der Waals surface area contributed by atoms with Crippen LogP contribution in [-0.2, 0) is 10.8 Å². The van der Waals surface area contributed by atoms with Gasteiger partial charge in [-0.2, -0.15) is 0 Å². The first kappa shape index (κ1) is 13.0. The van der Waals surface area contributed by atoms with E-state index in [1.165, 1.54) is 0 Å². The quantitative estimate of drug-likeness (QED) is 0.801. The lowest BCUT2D eigenvalue weighted by molar-refractivity contribution is 0.668. The molecule has 94 valence electrons. The Morgan fingerprint density at radius 1 is 0.722 bits per heavy atom. The van der Waals surface area contributed by atoms with Crippen molar-refractivity contribution in [1.29, 1.82) is 0 Å². The molecule has 2 heteroatoms. The SMILES string of the molecule is CC(c1ccccc1)S(=O)C(C)c1ccccc1. The summed E-state index contributed by atoms with van der Waals surface area (Å²) < 4.78 is 12.6. The minimum absolute atomic E-state index is 0.0569. The van der Waals surface area contributed by atoms with Crippen molar-refractivity contribution in [3.63, 3.8) is 0 Å². The molecule has 2 rings (SSSR count). The second kappa shape index (κ2) is 5.96. The van der Waals surface area contributed by atoms with Crippen LogP contribution in [0.15, 0.2) is 60.7 Å². The van der Waals surface area contributed by atoms with Gasteiger partial charge in [-0.05, 0) is 25.0 Å². The smallest absolute Gasteiger partial charge is 0.0575 e. The summed E-state index contributed by atoms with van der Waals surface area (Å²) in [4.78, 5) is 0. The maximum absolute atomic E-state index is 12.6. The third kappa shape index (κ3) is 2.88. The van der Waals surface area contributed by atoms with Crippen LogP contribution in [0.3, 0.4) is 0 Å². The fourth-order valence-electron chi connectivity index (χ4n) is 2.02. The molecular weight excluding hydrogens is 240 g/mol.